The van der Waals surface area contributed by atoms with Gasteiger partial charge in [0.2, 0.25) is 5.91 Å². The quantitative estimate of drug-likeness (QED) is 0.524. The zero-order valence-electron chi connectivity index (χ0n) is 16.1. The number of phenols is 1. The number of hydrogen-bond donors (Lipinski definition) is 3. The molecule has 1 heterocycles. The number of carbonyl (C=O) groups excluding carboxylic acids is 1. The molecule has 1 amide bonds. The van der Waals surface area contributed by atoms with E-state index in [4.69, 9.17) is 0 Å². The molecule has 2 aromatic carbocycles. The molecule has 8 heteroatoms. The predicted molar refractivity (Wildman–Crippen MR) is 116 cm³/mol. The Morgan fingerprint density at radius 1 is 1.17 bits per heavy atom. The molecule has 0 bridgehead atoms. The number of nitrogens with one attached hydrogen (secondary N) is 2. The number of carbonyl (C=O) groups is 1. The lowest BCUT2D eigenvalue weighted by Gasteiger charge is -2.19. The fourth-order valence-corrected chi connectivity index (χ4v) is 3.64. The number of hydrogen-bond acceptors (Lipinski definition) is 5. The van der Waals surface area contributed by atoms with E-state index in [9.17, 15) is 19.5 Å². The molecule has 0 radical (unpaired) electrons. The number of amides is 1. The van der Waals surface area contributed by atoms with Gasteiger partial charge in [-0.05, 0) is 54.7 Å². The summed E-state index contributed by atoms with van der Waals surface area (Å²) in [7, 11) is 0. The Bertz CT molecular complexity index is 1110. The first-order chi connectivity index (χ1) is 14.0. The number of thioether (sulfide) groups is 1. The molecule has 0 saturated carbocycles. The molecular formula is C21H23N3O4S. The van der Waals surface area contributed by atoms with Gasteiger partial charge in [-0.15, -0.1) is 0 Å². The summed E-state index contributed by atoms with van der Waals surface area (Å²) >= 11 is 1.55. The van der Waals surface area contributed by atoms with E-state index in [1.54, 1.807) is 60.3 Å². The first-order valence-corrected chi connectivity index (χ1v) is 10.7. The van der Waals surface area contributed by atoms with Crippen molar-refractivity contribution < 1.29 is 9.90 Å². The summed E-state index contributed by atoms with van der Waals surface area (Å²) in [5, 5.41) is 12.5. The van der Waals surface area contributed by atoms with Gasteiger partial charge < -0.3 is 15.4 Å². The first kappa shape index (κ1) is 20.7. The SMILES string of the molecule is CSCC[C@@H](C(=O)NCCc1ccc(O)cc1)n1c(=O)[nH]c2ccccc2c1=O. The molecule has 0 aliphatic rings. The van der Waals surface area contributed by atoms with Crippen molar-refractivity contribution in [2.24, 2.45) is 0 Å². The molecule has 0 spiro atoms. The van der Waals surface area contributed by atoms with Gasteiger partial charge in [0.1, 0.15) is 11.8 Å². The van der Waals surface area contributed by atoms with E-state index in [1.165, 1.54) is 0 Å². The van der Waals surface area contributed by atoms with Gasteiger partial charge in [0.25, 0.3) is 5.56 Å². The van der Waals surface area contributed by atoms with Crippen molar-refractivity contribution in [1.29, 1.82) is 0 Å². The number of H-pyrrole nitrogens is 1. The smallest absolute Gasteiger partial charge is 0.329 e. The number of aromatic amines is 1. The fraction of sp³-hybridized carbons (Fsp3) is 0.286. The highest BCUT2D eigenvalue weighted by atomic mass is 32.2. The third-order valence-electron chi connectivity index (χ3n) is 4.70. The zero-order chi connectivity index (χ0) is 20.8. The summed E-state index contributed by atoms with van der Waals surface area (Å²) < 4.78 is 1.02. The van der Waals surface area contributed by atoms with E-state index >= 15 is 0 Å². The van der Waals surface area contributed by atoms with E-state index in [2.05, 4.69) is 10.3 Å². The lowest BCUT2D eigenvalue weighted by atomic mass is 10.1. The monoisotopic (exact) mass is 413 g/mol. The number of para-hydroxylation sites is 1. The fourth-order valence-electron chi connectivity index (χ4n) is 3.18. The average molecular weight is 413 g/mol. The van der Waals surface area contributed by atoms with Gasteiger partial charge in [-0.25, -0.2) is 9.36 Å². The molecule has 0 fully saturated rings. The minimum absolute atomic E-state index is 0.185. The molecule has 1 aromatic heterocycles. The van der Waals surface area contributed by atoms with Gasteiger partial charge in [-0.3, -0.25) is 9.59 Å². The molecule has 29 heavy (non-hydrogen) atoms. The number of fused-ring (bicyclic) bond motifs is 1. The third kappa shape index (κ3) is 4.89. The molecule has 0 aliphatic carbocycles. The molecule has 1 atom stereocenters. The van der Waals surface area contributed by atoms with Gasteiger partial charge in [-0.2, -0.15) is 11.8 Å². The second kappa shape index (κ2) is 9.47. The lowest BCUT2D eigenvalue weighted by molar-refractivity contribution is -0.124. The van der Waals surface area contributed by atoms with Crippen molar-refractivity contribution in [1.82, 2.24) is 14.9 Å². The Balaban J connectivity index is 1.83. The molecule has 3 N–H and O–H groups in total. The van der Waals surface area contributed by atoms with Gasteiger partial charge in [-0.1, -0.05) is 24.3 Å². The van der Waals surface area contributed by atoms with Crippen LogP contribution in [0.4, 0.5) is 0 Å². The Morgan fingerprint density at radius 3 is 2.62 bits per heavy atom. The van der Waals surface area contributed by atoms with Crippen LogP contribution in [-0.2, 0) is 11.2 Å². The van der Waals surface area contributed by atoms with Crippen LogP contribution in [0.5, 0.6) is 5.75 Å². The summed E-state index contributed by atoms with van der Waals surface area (Å²) in [5.41, 5.74) is 0.359. The number of nitrogens with zero attached hydrogens (tertiary/aromatic N) is 1. The van der Waals surface area contributed by atoms with Gasteiger partial charge in [0.05, 0.1) is 10.9 Å². The molecule has 3 aromatic rings. The largest absolute Gasteiger partial charge is 0.508 e. The Kier molecular flexibility index (Phi) is 6.77. The van der Waals surface area contributed by atoms with Crippen LogP contribution >= 0.6 is 11.8 Å². The van der Waals surface area contributed by atoms with Crippen molar-refractivity contribution in [3.8, 4) is 5.75 Å². The topological polar surface area (TPSA) is 104 Å². The second-order valence-electron chi connectivity index (χ2n) is 6.66. The first-order valence-electron chi connectivity index (χ1n) is 9.29. The molecule has 0 saturated heterocycles. The van der Waals surface area contributed by atoms with Crippen molar-refractivity contribution in [3.63, 3.8) is 0 Å². The van der Waals surface area contributed by atoms with E-state index in [1.807, 2.05) is 6.26 Å². The van der Waals surface area contributed by atoms with Crippen LogP contribution in [0.15, 0.2) is 58.1 Å². The molecule has 0 aliphatic heterocycles. The summed E-state index contributed by atoms with van der Waals surface area (Å²) in [6.07, 6.45) is 2.85. The van der Waals surface area contributed by atoms with Crippen LogP contribution in [0.1, 0.15) is 18.0 Å². The number of phenolic OH excluding ortho intramolecular Hbond substituents is 1. The summed E-state index contributed by atoms with van der Waals surface area (Å²) in [6.45, 7) is 0.361. The summed E-state index contributed by atoms with van der Waals surface area (Å²) in [4.78, 5) is 41.1. The number of rotatable bonds is 8. The van der Waals surface area contributed by atoms with E-state index < -0.39 is 17.3 Å². The van der Waals surface area contributed by atoms with Crippen molar-refractivity contribution in [2.75, 3.05) is 18.6 Å². The van der Waals surface area contributed by atoms with Crippen LogP contribution in [-0.4, -0.2) is 39.1 Å². The minimum atomic E-state index is -0.886. The van der Waals surface area contributed by atoms with Gasteiger partial charge in [0, 0.05) is 6.54 Å². The highest BCUT2D eigenvalue weighted by molar-refractivity contribution is 7.98. The zero-order valence-corrected chi connectivity index (χ0v) is 16.9. The molecule has 7 nitrogen and oxygen atoms in total. The number of aromatic hydroxyl groups is 1. The summed E-state index contributed by atoms with van der Waals surface area (Å²) in [5.74, 6) is 0.458. The van der Waals surface area contributed by atoms with Crippen molar-refractivity contribution in [2.45, 2.75) is 18.9 Å². The molecule has 0 unspecified atom stereocenters. The Morgan fingerprint density at radius 2 is 1.90 bits per heavy atom. The van der Waals surface area contributed by atoms with Crippen LogP contribution in [0.3, 0.4) is 0 Å². The third-order valence-corrected chi connectivity index (χ3v) is 5.34. The van der Waals surface area contributed by atoms with Crippen LogP contribution in [0.25, 0.3) is 10.9 Å². The molecule has 3 rings (SSSR count). The van der Waals surface area contributed by atoms with Crippen LogP contribution in [0.2, 0.25) is 0 Å². The standard InChI is InChI=1S/C21H23N3O4S/c1-29-13-11-18(19(26)22-12-10-14-6-8-15(25)9-7-14)24-20(27)16-4-2-3-5-17(16)23-21(24)28/h2-9,18,25H,10-13H2,1H3,(H,22,26)(H,23,28)/t18-/m0/s1. The lowest BCUT2D eigenvalue weighted by Crippen LogP contribution is -2.45. The number of aromatic nitrogens is 2. The average Bonchev–Trinajstić information content (AvgIpc) is 2.71. The van der Waals surface area contributed by atoms with Crippen molar-refractivity contribution >= 4 is 28.6 Å². The highest BCUT2D eigenvalue weighted by Gasteiger charge is 2.24. The predicted octanol–water partition coefficient (Wildman–Crippen LogP) is 2.05. The Labute approximate surface area is 171 Å². The molecular weight excluding hydrogens is 390 g/mol. The second-order valence-corrected chi connectivity index (χ2v) is 7.64. The van der Waals surface area contributed by atoms with E-state index in [-0.39, 0.29) is 11.7 Å². The Hall–Kier alpha value is -3.00. The van der Waals surface area contributed by atoms with Crippen molar-refractivity contribution in [3.05, 3.63) is 74.9 Å². The maximum atomic E-state index is 12.9. The minimum Gasteiger partial charge on any atom is -0.508 e. The van der Waals surface area contributed by atoms with Gasteiger partial charge >= 0.3 is 5.69 Å². The molecule has 152 valence electrons. The van der Waals surface area contributed by atoms with Gasteiger partial charge in [0.15, 0.2) is 0 Å². The maximum absolute atomic E-state index is 12.9. The number of benzene rings is 2. The maximum Gasteiger partial charge on any atom is 0.329 e. The van der Waals surface area contributed by atoms with E-state index in [0.29, 0.717) is 36.0 Å². The highest BCUT2D eigenvalue weighted by Crippen LogP contribution is 2.14. The normalized spacial score (nSPS) is 12.0. The van der Waals surface area contributed by atoms with Crippen LogP contribution < -0.4 is 16.6 Å². The van der Waals surface area contributed by atoms with E-state index in [0.717, 1.165) is 10.1 Å². The summed E-state index contributed by atoms with van der Waals surface area (Å²) in [6, 6.07) is 12.6. The van der Waals surface area contributed by atoms with Crippen LogP contribution in [0, 0.1) is 0 Å².